The van der Waals surface area contributed by atoms with E-state index in [9.17, 15) is 9.59 Å². The Hall–Kier alpha value is -1.92. The highest BCUT2D eigenvalue weighted by molar-refractivity contribution is 8.00. The number of benzene rings is 2. The monoisotopic (exact) mass is 332 g/mol. The molecule has 114 valence electrons. The van der Waals surface area contributed by atoms with Gasteiger partial charge in [-0.15, -0.1) is 23.5 Å². The minimum atomic E-state index is -0.409. The number of carbonyl (C=O) groups excluding carboxylic acids is 2. The number of anilines is 1. The highest BCUT2D eigenvalue weighted by Crippen LogP contribution is 2.24. The number of hydrogen-bond acceptors (Lipinski definition) is 4. The summed E-state index contributed by atoms with van der Waals surface area (Å²) in [5, 5.41) is 2.86. The molecule has 0 atom stereocenters. The molecule has 0 aromatic heterocycles. The summed E-state index contributed by atoms with van der Waals surface area (Å²) in [5.41, 5.74) is 6.42. The lowest BCUT2D eigenvalue weighted by Gasteiger charge is -2.09. The van der Waals surface area contributed by atoms with Gasteiger partial charge in [-0.2, -0.15) is 0 Å². The molecule has 0 aliphatic heterocycles. The van der Waals surface area contributed by atoms with Crippen LogP contribution in [0.5, 0.6) is 0 Å². The molecule has 0 heterocycles. The maximum Gasteiger partial charge on any atom is 0.256 e. The van der Waals surface area contributed by atoms with Crippen LogP contribution in [-0.4, -0.2) is 23.8 Å². The second kappa shape index (κ2) is 7.91. The van der Waals surface area contributed by atoms with Gasteiger partial charge in [0.05, 0.1) is 11.3 Å². The summed E-state index contributed by atoms with van der Waals surface area (Å²) in [4.78, 5) is 25.2. The largest absolute Gasteiger partial charge is 0.369 e. The standard InChI is InChI=1S/C16H16N2O2S2/c1-21-12-8-6-11(7-9-12)18-16(20)13-4-2-3-5-14(13)22-10-15(17)19/h2-9H,10H2,1H3,(H2,17,19)(H,18,20). The van der Waals surface area contributed by atoms with Crippen molar-refractivity contribution in [3.05, 3.63) is 54.1 Å². The quantitative estimate of drug-likeness (QED) is 0.797. The lowest BCUT2D eigenvalue weighted by molar-refractivity contribution is -0.115. The van der Waals surface area contributed by atoms with Gasteiger partial charge < -0.3 is 11.1 Å². The molecule has 3 N–H and O–H groups in total. The second-order valence-electron chi connectivity index (χ2n) is 4.43. The number of rotatable bonds is 6. The van der Waals surface area contributed by atoms with Crippen LogP contribution in [0.4, 0.5) is 5.69 Å². The molecule has 0 bridgehead atoms. The molecule has 0 spiro atoms. The van der Waals surface area contributed by atoms with Gasteiger partial charge in [-0.3, -0.25) is 9.59 Å². The molecule has 0 saturated heterocycles. The van der Waals surface area contributed by atoms with Gasteiger partial charge in [-0.25, -0.2) is 0 Å². The highest BCUT2D eigenvalue weighted by atomic mass is 32.2. The molecule has 0 aliphatic rings. The molecular formula is C16H16N2O2S2. The Morgan fingerprint density at radius 3 is 2.41 bits per heavy atom. The lowest BCUT2D eigenvalue weighted by atomic mass is 10.2. The lowest BCUT2D eigenvalue weighted by Crippen LogP contribution is -2.15. The predicted molar refractivity (Wildman–Crippen MR) is 92.5 cm³/mol. The normalized spacial score (nSPS) is 10.2. The van der Waals surface area contributed by atoms with E-state index in [1.165, 1.54) is 11.8 Å². The van der Waals surface area contributed by atoms with Crippen molar-refractivity contribution < 1.29 is 9.59 Å². The number of carbonyl (C=O) groups is 2. The molecule has 2 aromatic carbocycles. The Kier molecular flexibility index (Phi) is 5.91. The number of nitrogens with one attached hydrogen (secondary N) is 1. The van der Waals surface area contributed by atoms with E-state index in [2.05, 4.69) is 5.32 Å². The first-order valence-electron chi connectivity index (χ1n) is 6.55. The third-order valence-electron chi connectivity index (χ3n) is 2.85. The van der Waals surface area contributed by atoms with Crippen LogP contribution in [0.2, 0.25) is 0 Å². The molecule has 0 saturated carbocycles. The van der Waals surface area contributed by atoms with Crippen LogP contribution < -0.4 is 11.1 Å². The molecule has 0 fully saturated rings. The van der Waals surface area contributed by atoms with Crippen molar-refractivity contribution in [3.8, 4) is 0 Å². The first kappa shape index (κ1) is 16.5. The highest BCUT2D eigenvalue weighted by Gasteiger charge is 2.12. The first-order valence-corrected chi connectivity index (χ1v) is 8.76. The van der Waals surface area contributed by atoms with E-state index >= 15 is 0 Å². The van der Waals surface area contributed by atoms with Gasteiger partial charge >= 0.3 is 0 Å². The minimum Gasteiger partial charge on any atom is -0.369 e. The van der Waals surface area contributed by atoms with E-state index in [4.69, 9.17) is 5.73 Å². The summed E-state index contributed by atoms with van der Waals surface area (Å²) in [5.74, 6) is -0.468. The van der Waals surface area contributed by atoms with Gasteiger partial charge in [-0.1, -0.05) is 12.1 Å². The van der Waals surface area contributed by atoms with Crippen molar-refractivity contribution in [2.75, 3.05) is 17.3 Å². The summed E-state index contributed by atoms with van der Waals surface area (Å²) in [6, 6.07) is 14.8. The van der Waals surface area contributed by atoms with E-state index in [1.54, 1.807) is 30.0 Å². The molecule has 4 nitrogen and oxygen atoms in total. The van der Waals surface area contributed by atoms with Crippen molar-refractivity contribution >= 4 is 41.0 Å². The maximum atomic E-state index is 12.4. The van der Waals surface area contributed by atoms with Crippen LogP contribution in [0.25, 0.3) is 0 Å². The molecule has 2 rings (SSSR count). The molecule has 22 heavy (non-hydrogen) atoms. The Balaban J connectivity index is 2.12. The maximum absolute atomic E-state index is 12.4. The van der Waals surface area contributed by atoms with Crippen LogP contribution in [0.15, 0.2) is 58.3 Å². The van der Waals surface area contributed by atoms with Crippen LogP contribution in [0.3, 0.4) is 0 Å². The van der Waals surface area contributed by atoms with Gasteiger partial charge in [0, 0.05) is 15.5 Å². The Labute approximate surface area is 137 Å². The van der Waals surface area contributed by atoms with Crippen LogP contribution in [0, 0.1) is 0 Å². The number of nitrogens with two attached hydrogens (primary N) is 1. The summed E-state index contributed by atoms with van der Waals surface area (Å²) in [6.45, 7) is 0. The van der Waals surface area contributed by atoms with Gasteiger partial charge in [0.1, 0.15) is 0 Å². The van der Waals surface area contributed by atoms with Gasteiger partial charge in [0.15, 0.2) is 0 Å². The molecule has 2 amide bonds. The molecule has 0 aliphatic carbocycles. The average Bonchev–Trinajstić information content (AvgIpc) is 2.54. The van der Waals surface area contributed by atoms with Crippen molar-refractivity contribution in [1.82, 2.24) is 0 Å². The second-order valence-corrected chi connectivity index (χ2v) is 6.33. The molecular weight excluding hydrogens is 316 g/mol. The first-order chi connectivity index (χ1) is 10.6. The van der Waals surface area contributed by atoms with Gasteiger partial charge in [0.2, 0.25) is 5.91 Å². The molecule has 2 aromatic rings. The summed E-state index contributed by atoms with van der Waals surface area (Å²) in [7, 11) is 0. The van der Waals surface area contributed by atoms with E-state index in [0.717, 1.165) is 15.5 Å². The third-order valence-corrected chi connectivity index (χ3v) is 4.69. The Morgan fingerprint density at radius 2 is 1.77 bits per heavy atom. The van der Waals surface area contributed by atoms with Crippen LogP contribution >= 0.6 is 23.5 Å². The average molecular weight is 332 g/mol. The zero-order valence-electron chi connectivity index (χ0n) is 12.0. The number of thioether (sulfide) groups is 2. The van der Waals surface area contributed by atoms with Crippen molar-refractivity contribution in [1.29, 1.82) is 0 Å². The molecule has 6 heteroatoms. The number of primary amides is 1. The fraction of sp³-hybridized carbons (Fsp3) is 0.125. The fourth-order valence-corrected chi connectivity index (χ4v) is 3.00. The van der Waals surface area contributed by atoms with E-state index in [0.29, 0.717) is 5.56 Å². The summed E-state index contributed by atoms with van der Waals surface area (Å²) in [6.07, 6.45) is 2.00. The predicted octanol–water partition coefficient (Wildman–Crippen LogP) is 3.24. The fourth-order valence-electron chi connectivity index (χ4n) is 1.80. The smallest absolute Gasteiger partial charge is 0.256 e. The zero-order chi connectivity index (χ0) is 15.9. The van der Waals surface area contributed by atoms with Crippen molar-refractivity contribution in [2.45, 2.75) is 9.79 Å². The zero-order valence-corrected chi connectivity index (χ0v) is 13.7. The van der Waals surface area contributed by atoms with E-state index in [1.807, 2.05) is 36.6 Å². The van der Waals surface area contributed by atoms with E-state index in [-0.39, 0.29) is 11.7 Å². The van der Waals surface area contributed by atoms with Crippen LogP contribution in [-0.2, 0) is 4.79 Å². The minimum absolute atomic E-state index is 0.146. The van der Waals surface area contributed by atoms with E-state index < -0.39 is 5.91 Å². The Bertz CT molecular complexity index is 672. The summed E-state index contributed by atoms with van der Waals surface area (Å²) >= 11 is 2.91. The number of amides is 2. The van der Waals surface area contributed by atoms with Crippen molar-refractivity contribution in [3.63, 3.8) is 0 Å². The van der Waals surface area contributed by atoms with Crippen molar-refractivity contribution in [2.24, 2.45) is 5.73 Å². The van der Waals surface area contributed by atoms with Gasteiger partial charge in [0.25, 0.3) is 5.91 Å². The summed E-state index contributed by atoms with van der Waals surface area (Å²) < 4.78 is 0. The van der Waals surface area contributed by atoms with Crippen LogP contribution in [0.1, 0.15) is 10.4 Å². The number of hydrogen-bond donors (Lipinski definition) is 2. The Morgan fingerprint density at radius 1 is 1.09 bits per heavy atom. The molecule has 0 unspecified atom stereocenters. The third kappa shape index (κ3) is 4.54. The SMILES string of the molecule is CSc1ccc(NC(=O)c2ccccc2SCC(N)=O)cc1. The van der Waals surface area contributed by atoms with Gasteiger partial charge in [-0.05, 0) is 42.7 Å². The topological polar surface area (TPSA) is 72.2 Å². The molecule has 0 radical (unpaired) electrons.